The quantitative estimate of drug-likeness (QED) is 0.659. The second-order valence-corrected chi connectivity index (χ2v) is 4.63. The van der Waals surface area contributed by atoms with Gasteiger partial charge in [-0.05, 0) is 25.0 Å². The van der Waals surface area contributed by atoms with Gasteiger partial charge in [-0.1, -0.05) is 32.4 Å². The van der Waals surface area contributed by atoms with Gasteiger partial charge in [0.2, 0.25) is 0 Å². The molecular formula is C15H21ClO3. The van der Waals surface area contributed by atoms with Crippen LogP contribution in [0.4, 0.5) is 0 Å². The van der Waals surface area contributed by atoms with E-state index in [0.29, 0.717) is 41.7 Å². The van der Waals surface area contributed by atoms with Crippen LogP contribution < -0.4 is 9.47 Å². The standard InChI is InChI=1S/C15H21ClO3/c1-4-9-18-14-11(13(17)6-3)7-8-12(16)15(14)19-10-5-2/h7-8H,4-6,9-10H2,1-3H3. The molecule has 0 saturated heterocycles. The van der Waals surface area contributed by atoms with Crippen LogP contribution >= 0.6 is 11.6 Å². The molecule has 0 atom stereocenters. The molecular weight excluding hydrogens is 264 g/mol. The zero-order chi connectivity index (χ0) is 14.3. The van der Waals surface area contributed by atoms with Gasteiger partial charge in [0, 0.05) is 6.42 Å². The molecule has 0 heterocycles. The fourth-order valence-corrected chi connectivity index (χ4v) is 1.84. The van der Waals surface area contributed by atoms with Gasteiger partial charge in [-0.15, -0.1) is 0 Å². The minimum Gasteiger partial charge on any atom is -0.489 e. The van der Waals surface area contributed by atoms with Crippen molar-refractivity contribution in [3.05, 3.63) is 22.7 Å². The molecule has 0 radical (unpaired) electrons. The van der Waals surface area contributed by atoms with Crippen LogP contribution in [0, 0.1) is 0 Å². The lowest BCUT2D eigenvalue weighted by Gasteiger charge is -2.16. The van der Waals surface area contributed by atoms with Crippen LogP contribution in [0.3, 0.4) is 0 Å². The number of hydrogen-bond acceptors (Lipinski definition) is 3. The maximum atomic E-state index is 12.0. The number of carbonyl (C=O) groups excluding carboxylic acids is 1. The normalized spacial score (nSPS) is 10.3. The molecule has 106 valence electrons. The van der Waals surface area contributed by atoms with Crippen molar-refractivity contribution in [2.75, 3.05) is 13.2 Å². The molecule has 3 nitrogen and oxygen atoms in total. The fourth-order valence-electron chi connectivity index (χ4n) is 1.63. The second-order valence-electron chi connectivity index (χ2n) is 4.23. The maximum Gasteiger partial charge on any atom is 0.180 e. The molecule has 0 aromatic heterocycles. The topological polar surface area (TPSA) is 35.5 Å². The number of hydrogen-bond donors (Lipinski definition) is 0. The van der Waals surface area contributed by atoms with E-state index in [1.54, 1.807) is 12.1 Å². The Hall–Kier alpha value is -1.22. The number of benzene rings is 1. The number of carbonyl (C=O) groups is 1. The molecule has 0 aliphatic carbocycles. The van der Waals surface area contributed by atoms with E-state index in [1.165, 1.54) is 0 Å². The highest BCUT2D eigenvalue weighted by molar-refractivity contribution is 6.32. The van der Waals surface area contributed by atoms with E-state index in [4.69, 9.17) is 21.1 Å². The van der Waals surface area contributed by atoms with Gasteiger partial charge in [-0.25, -0.2) is 0 Å². The number of halogens is 1. The molecule has 4 heteroatoms. The summed E-state index contributed by atoms with van der Waals surface area (Å²) in [7, 11) is 0. The summed E-state index contributed by atoms with van der Waals surface area (Å²) in [5.74, 6) is 0.995. The third-order valence-electron chi connectivity index (χ3n) is 2.59. The van der Waals surface area contributed by atoms with Gasteiger partial charge >= 0.3 is 0 Å². The summed E-state index contributed by atoms with van der Waals surface area (Å²) in [6, 6.07) is 3.40. The van der Waals surface area contributed by atoms with Gasteiger partial charge < -0.3 is 9.47 Å². The van der Waals surface area contributed by atoms with Crippen LogP contribution in [0.2, 0.25) is 5.02 Å². The van der Waals surface area contributed by atoms with Crippen molar-refractivity contribution < 1.29 is 14.3 Å². The molecule has 0 amide bonds. The van der Waals surface area contributed by atoms with E-state index < -0.39 is 0 Å². The van der Waals surface area contributed by atoms with Gasteiger partial charge in [0.1, 0.15) is 0 Å². The van der Waals surface area contributed by atoms with Crippen LogP contribution in [0.15, 0.2) is 12.1 Å². The lowest BCUT2D eigenvalue weighted by molar-refractivity contribution is 0.0983. The summed E-state index contributed by atoms with van der Waals surface area (Å²) < 4.78 is 11.3. The molecule has 0 fully saturated rings. The van der Waals surface area contributed by atoms with Crippen molar-refractivity contribution >= 4 is 17.4 Å². The number of ether oxygens (including phenoxy) is 2. The van der Waals surface area contributed by atoms with Gasteiger partial charge in [-0.2, -0.15) is 0 Å². The van der Waals surface area contributed by atoms with Crippen molar-refractivity contribution in [3.8, 4) is 11.5 Å². The zero-order valence-electron chi connectivity index (χ0n) is 11.8. The molecule has 0 saturated carbocycles. The summed E-state index contributed by atoms with van der Waals surface area (Å²) in [4.78, 5) is 12.0. The molecule has 19 heavy (non-hydrogen) atoms. The van der Waals surface area contributed by atoms with Gasteiger partial charge in [-0.3, -0.25) is 4.79 Å². The molecule has 0 unspecified atom stereocenters. The number of rotatable bonds is 8. The Morgan fingerprint density at radius 3 is 2.16 bits per heavy atom. The molecule has 0 N–H and O–H groups in total. The van der Waals surface area contributed by atoms with E-state index in [2.05, 4.69) is 0 Å². The summed E-state index contributed by atoms with van der Waals surface area (Å²) in [6.07, 6.45) is 2.16. The smallest absolute Gasteiger partial charge is 0.180 e. The first-order valence-electron chi connectivity index (χ1n) is 6.76. The van der Waals surface area contributed by atoms with Crippen molar-refractivity contribution in [1.29, 1.82) is 0 Å². The minimum atomic E-state index is 0.0316. The highest BCUT2D eigenvalue weighted by Gasteiger charge is 2.19. The summed E-state index contributed by atoms with van der Waals surface area (Å²) in [5, 5.41) is 0.479. The van der Waals surface area contributed by atoms with E-state index >= 15 is 0 Å². The molecule has 1 aromatic rings. The number of ketones is 1. The van der Waals surface area contributed by atoms with E-state index in [1.807, 2.05) is 20.8 Å². The van der Waals surface area contributed by atoms with Gasteiger partial charge in [0.15, 0.2) is 17.3 Å². The second kappa shape index (κ2) is 8.05. The van der Waals surface area contributed by atoms with Crippen molar-refractivity contribution in [1.82, 2.24) is 0 Å². The molecule has 0 bridgehead atoms. The number of Topliss-reactive ketones (excluding diaryl/α,β-unsaturated/α-hetero) is 1. The molecule has 1 rings (SSSR count). The fraction of sp³-hybridized carbons (Fsp3) is 0.533. The summed E-state index contributed by atoms with van der Waals surface area (Å²) in [5.41, 5.74) is 0.548. The predicted molar refractivity (Wildman–Crippen MR) is 77.6 cm³/mol. The lowest BCUT2D eigenvalue weighted by Crippen LogP contribution is -2.07. The lowest BCUT2D eigenvalue weighted by atomic mass is 10.1. The molecule has 0 aliphatic rings. The van der Waals surface area contributed by atoms with Gasteiger partial charge in [0.05, 0.1) is 23.8 Å². The summed E-state index contributed by atoms with van der Waals surface area (Å²) in [6.45, 7) is 6.94. The van der Waals surface area contributed by atoms with E-state index in [-0.39, 0.29) is 5.78 Å². The first-order chi connectivity index (χ1) is 9.15. The zero-order valence-corrected chi connectivity index (χ0v) is 12.5. The highest BCUT2D eigenvalue weighted by Crippen LogP contribution is 2.39. The Bertz CT molecular complexity index is 430. The largest absolute Gasteiger partial charge is 0.489 e. The Kier molecular flexibility index (Phi) is 6.71. The van der Waals surface area contributed by atoms with Crippen molar-refractivity contribution in [2.24, 2.45) is 0 Å². The maximum absolute atomic E-state index is 12.0. The molecule has 0 spiro atoms. The summed E-state index contributed by atoms with van der Waals surface area (Å²) >= 11 is 6.15. The monoisotopic (exact) mass is 284 g/mol. The average Bonchev–Trinajstić information content (AvgIpc) is 2.43. The van der Waals surface area contributed by atoms with Crippen LogP contribution in [0.5, 0.6) is 11.5 Å². The van der Waals surface area contributed by atoms with Crippen LogP contribution in [0.1, 0.15) is 50.4 Å². The Morgan fingerprint density at radius 1 is 1.05 bits per heavy atom. The minimum absolute atomic E-state index is 0.0316. The first-order valence-corrected chi connectivity index (χ1v) is 7.14. The predicted octanol–water partition coefficient (Wildman–Crippen LogP) is 4.51. The van der Waals surface area contributed by atoms with E-state index in [9.17, 15) is 4.79 Å². The SMILES string of the molecule is CCCOc1c(Cl)ccc(C(=O)CC)c1OCCC. The first kappa shape index (κ1) is 15.8. The molecule has 1 aromatic carbocycles. The Labute approximate surface area is 119 Å². The van der Waals surface area contributed by atoms with Crippen LogP contribution in [-0.2, 0) is 0 Å². The van der Waals surface area contributed by atoms with Gasteiger partial charge in [0.25, 0.3) is 0 Å². The third-order valence-corrected chi connectivity index (χ3v) is 2.88. The Balaban J connectivity index is 3.19. The van der Waals surface area contributed by atoms with Crippen LogP contribution in [0.25, 0.3) is 0 Å². The van der Waals surface area contributed by atoms with Crippen molar-refractivity contribution in [2.45, 2.75) is 40.0 Å². The Morgan fingerprint density at radius 2 is 1.63 bits per heavy atom. The van der Waals surface area contributed by atoms with Crippen LogP contribution in [-0.4, -0.2) is 19.0 Å². The highest BCUT2D eigenvalue weighted by atomic mass is 35.5. The average molecular weight is 285 g/mol. The molecule has 0 aliphatic heterocycles. The third kappa shape index (κ3) is 4.13. The van der Waals surface area contributed by atoms with E-state index in [0.717, 1.165) is 12.8 Å². The van der Waals surface area contributed by atoms with Crippen molar-refractivity contribution in [3.63, 3.8) is 0 Å².